The SMILES string of the molecule is CN1CCCC(C(N)C2CCC2)C1. The first-order valence-corrected chi connectivity index (χ1v) is 5.71. The summed E-state index contributed by atoms with van der Waals surface area (Å²) < 4.78 is 0. The van der Waals surface area contributed by atoms with Crippen LogP contribution in [0.3, 0.4) is 0 Å². The van der Waals surface area contributed by atoms with Crippen molar-refractivity contribution in [3.8, 4) is 0 Å². The highest BCUT2D eigenvalue weighted by atomic mass is 15.1. The van der Waals surface area contributed by atoms with E-state index in [4.69, 9.17) is 5.73 Å². The van der Waals surface area contributed by atoms with Crippen molar-refractivity contribution >= 4 is 0 Å². The summed E-state index contributed by atoms with van der Waals surface area (Å²) in [5, 5.41) is 0. The summed E-state index contributed by atoms with van der Waals surface area (Å²) in [5.41, 5.74) is 6.29. The van der Waals surface area contributed by atoms with Crippen LogP contribution in [0.25, 0.3) is 0 Å². The van der Waals surface area contributed by atoms with E-state index < -0.39 is 0 Å². The number of rotatable bonds is 2. The van der Waals surface area contributed by atoms with Crippen molar-refractivity contribution in [1.82, 2.24) is 4.90 Å². The third-order valence-electron chi connectivity index (χ3n) is 3.90. The zero-order valence-corrected chi connectivity index (χ0v) is 8.71. The van der Waals surface area contributed by atoms with Gasteiger partial charge in [0.1, 0.15) is 0 Å². The Morgan fingerprint density at radius 3 is 2.38 bits per heavy atom. The maximum absolute atomic E-state index is 6.29. The molecule has 13 heavy (non-hydrogen) atoms. The van der Waals surface area contributed by atoms with Crippen LogP contribution in [0.5, 0.6) is 0 Å². The van der Waals surface area contributed by atoms with Gasteiger partial charge in [-0.3, -0.25) is 0 Å². The Balaban J connectivity index is 1.83. The molecule has 0 aromatic heterocycles. The average Bonchev–Trinajstić information content (AvgIpc) is 2.01. The van der Waals surface area contributed by atoms with Gasteiger partial charge in [-0.2, -0.15) is 0 Å². The highest BCUT2D eigenvalue weighted by Gasteiger charge is 2.32. The molecule has 0 spiro atoms. The van der Waals surface area contributed by atoms with Crippen LogP contribution >= 0.6 is 0 Å². The summed E-state index contributed by atoms with van der Waals surface area (Å²) in [6.45, 7) is 2.51. The maximum Gasteiger partial charge on any atom is 0.0108 e. The lowest BCUT2D eigenvalue weighted by molar-refractivity contribution is 0.132. The van der Waals surface area contributed by atoms with Crippen molar-refractivity contribution in [2.75, 3.05) is 20.1 Å². The molecule has 0 bridgehead atoms. The van der Waals surface area contributed by atoms with Crippen molar-refractivity contribution in [2.45, 2.75) is 38.1 Å². The van der Waals surface area contributed by atoms with Crippen molar-refractivity contribution < 1.29 is 0 Å². The molecule has 1 aliphatic carbocycles. The molecule has 1 aliphatic heterocycles. The van der Waals surface area contributed by atoms with Crippen molar-refractivity contribution in [2.24, 2.45) is 17.6 Å². The van der Waals surface area contributed by atoms with Crippen LogP contribution in [-0.2, 0) is 0 Å². The molecule has 2 N–H and O–H groups in total. The van der Waals surface area contributed by atoms with Gasteiger partial charge < -0.3 is 10.6 Å². The first-order chi connectivity index (χ1) is 6.27. The molecule has 76 valence electrons. The molecule has 0 amide bonds. The second-order valence-electron chi connectivity index (χ2n) is 4.93. The Kier molecular flexibility index (Phi) is 2.89. The van der Waals surface area contributed by atoms with Crippen LogP contribution in [0, 0.1) is 11.8 Å². The summed E-state index contributed by atoms with van der Waals surface area (Å²) in [4.78, 5) is 2.44. The van der Waals surface area contributed by atoms with Crippen LogP contribution in [0.1, 0.15) is 32.1 Å². The number of hydrogen-bond donors (Lipinski definition) is 1. The van der Waals surface area contributed by atoms with E-state index in [1.165, 1.54) is 45.2 Å². The quantitative estimate of drug-likeness (QED) is 0.700. The molecule has 0 radical (unpaired) electrons. The Hall–Kier alpha value is -0.0800. The third kappa shape index (κ3) is 2.05. The summed E-state index contributed by atoms with van der Waals surface area (Å²) in [5.74, 6) is 1.64. The van der Waals surface area contributed by atoms with Crippen LogP contribution in [0.15, 0.2) is 0 Å². The number of piperidine rings is 1. The molecule has 2 heteroatoms. The van der Waals surface area contributed by atoms with Gasteiger partial charge in [-0.25, -0.2) is 0 Å². The predicted octanol–water partition coefficient (Wildman–Crippen LogP) is 1.46. The molecular weight excluding hydrogens is 160 g/mol. The monoisotopic (exact) mass is 182 g/mol. The topological polar surface area (TPSA) is 29.3 Å². The summed E-state index contributed by atoms with van der Waals surface area (Å²) in [7, 11) is 2.22. The highest BCUT2D eigenvalue weighted by molar-refractivity contribution is 4.88. The number of nitrogens with two attached hydrogens (primary N) is 1. The molecule has 2 fully saturated rings. The molecule has 0 aromatic rings. The zero-order valence-electron chi connectivity index (χ0n) is 8.71. The first-order valence-electron chi connectivity index (χ1n) is 5.71. The number of hydrogen-bond acceptors (Lipinski definition) is 2. The maximum atomic E-state index is 6.29. The zero-order chi connectivity index (χ0) is 9.26. The van der Waals surface area contributed by atoms with Gasteiger partial charge in [-0.15, -0.1) is 0 Å². The van der Waals surface area contributed by atoms with Gasteiger partial charge in [0.15, 0.2) is 0 Å². The molecular formula is C11H22N2. The fourth-order valence-corrected chi connectivity index (χ4v) is 2.73. The normalized spacial score (nSPS) is 34.2. The van der Waals surface area contributed by atoms with E-state index in [9.17, 15) is 0 Å². The summed E-state index contributed by atoms with van der Waals surface area (Å²) in [6.07, 6.45) is 6.91. The third-order valence-corrected chi connectivity index (χ3v) is 3.90. The fraction of sp³-hybridized carbons (Fsp3) is 1.00. The Labute approximate surface area is 81.5 Å². The number of likely N-dealkylation sites (tertiary alicyclic amines) is 1. The van der Waals surface area contributed by atoms with Crippen molar-refractivity contribution in [3.05, 3.63) is 0 Å². The second-order valence-corrected chi connectivity index (χ2v) is 4.93. The van der Waals surface area contributed by atoms with E-state index in [0.29, 0.717) is 6.04 Å². The molecule has 2 atom stereocenters. The first kappa shape index (κ1) is 9.47. The summed E-state index contributed by atoms with van der Waals surface area (Å²) in [6, 6.07) is 0.497. The van der Waals surface area contributed by atoms with E-state index >= 15 is 0 Å². The summed E-state index contributed by atoms with van der Waals surface area (Å²) >= 11 is 0. The fourth-order valence-electron chi connectivity index (χ4n) is 2.73. The second kappa shape index (κ2) is 3.97. The lowest BCUT2D eigenvalue weighted by atomic mass is 9.73. The van der Waals surface area contributed by atoms with Gasteiger partial charge in [0, 0.05) is 12.6 Å². The molecule has 1 heterocycles. The minimum Gasteiger partial charge on any atom is -0.327 e. The minimum absolute atomic E-state index is 0.497. The Morgan fingerprint density at radius 1 is 1.15 bits per heavy atom. The average molecular weight is 182 g/mol. The van der Waals surface area contributed by atoms with Gasteiger partial charge in [-0.1, -0.05) is 6.42 Å². The molecule has 1 saturated heterocycles. The van der Waals surface area contributed by atoms with Crippen molar-refractivity contribution in [3.63, 3.8) is 0 Å². The highest BCUT2D eigenvalue weighted by Crippen LogP contribution is 2.33. The molecule has 2 unspecified atom stereocenters. The molecule has 1 saturated carbocycles. The van der Waals surface area contributed by atoms with E-state index in [-0.39, 0.29) is 0 Å². The van der Waals surface area contributed by atoms with Crippen LogP contribution in [0.4, 0.5) is 0 Å². The minimum atomic E-state index is 0.497. The largest absolute Gasteiger partial charge is 0.327 e. The van der Waals surface area contributed by atoms with Crippen molar-refractivity contribution in [1.29, 1.82) is 0 Å². The van der Waals surface area contributed by atoms with Gasteiger partial charge in [0.2, 0.25) is 0 Å². The molecule has 2 rings (SSSR count). The van der Waals surface area contributed by atoms with E-state index in [0.717, 1.165) is 11.8 Å². The lowest BCUT2D eigenvalue weighted by Gasteiger charge is -2.40. The Morgan fingerprint density at radius 2 is 1.85 bits per heavy atom. The van der Waals surface area contributed by atoms with Gasteiger partial charge in [-0.05, 0) is 51.1 Å². The smallest absolute Gasteiger partial charge is 0.0108 e. The van der Waals surface area contributed by atoms with Gasteiger partial charge in [0.25, 0.3) is 0 Å². The van der Waals surface area contributed by atoms with Crippen LogP contribution in [-0.4, -0.2) is 31.1 Å². The van der Waals surface area contributed by atoms with E-state index in [1.54, 1.807) is 0 Å². The molecule has 0 aromatic carbocycles. The van der Waals surface area contributed by atoms with Crippen LogP contribution < -0.4 is 5.73 Å². The van der Waals surface area contributed by atoms with Crippen LogP contribution in [0.2, 0.25) is 0 Å². The van der Waals surface area contributed by atoms with E-state index in [1.807, 2.05) is 0 Å². The molecule has 2 nitrogen and oxygen atoms in total. The lowest BCUT2D eigenvalue weighted by Crippen LogP contribution is -2.47. The number of nitrogens with zero attached hydrogens (tertiary/aromatic N) is 1. The van der Waals surface area contributed by atoms with E-state index in [2.05, 4.69) is 11.9 Å². The predicted molar refractivity (Wildman–Crippen MR) is 55.5 cm³/mol. The standard InChI is InChI=1S/C11H22N2/c1-13-7-3-6-10(8-13)11(12)9-4-2-5-9/h9-11H,2-8,12H2,1H3. The van der Waals surface area contributed by atoms with Gasteiger partial charge >= 0.3 is 0 Å². The van der Waals surface area contributed by atoms with Gasteiger partial charge in [0.05, 0.1) is 0 Å². The Bertz CT molecular complexity index is 165. The molecule has 2 aliphatic rings.